The van der Waals surface area contributed by atoms with Crippen molar-refractivity contribution in [3.63, 3.8) is 0 Å². The van der Waals surface area contributed by atoms with E-state index in [-0.39, 0.29) is 24.4 Å². The second-order valence-corrected chi connectivity index (χ2v) is 4.45. The van der Waals surface area contributed by atoms with E-state index < -0.39 is 0 Å². The number of nitrogens with zero attached hydrogens (tertiary/aromatic N) is 1. The van der Waals surface area contributed by atoms with Crippen molar-refractivity contribution in [1.82, 2.24) is 10.2 Å². The Morgan fingerprint density at radius 1 is 1.62 bits per heavy atom. The van der Waals surface area contributed by atoms with Crippen LogP contribution in [0.1, 0.15) is 17.0 Å². The summed E-state index contributed by atoms with van der Waals surface area (Å²) in [5.41, 5.74) is 0. The van der Waals surface area contributed by atoms with E-state index in [1.165, 1.54) is 0 Å². The zero-order valence-electron chi connectivity index (χ0n) is 8.90. The highest BCUT2D eigenvalue weighted by Gasteiger charge is 2.25. The first-order valence-electron chi connectivity index (χ1n) is 4.91. The molecule has 1 N–H and O–H groups in total. The van der Waals surface area contributed by atoms with Gasteiger partial charge in [-0.15, -0.1) is 12.4 Å². The standard InChI is InChI=1S/C10H13BrN2O2.ClH/c1-13(7-4-5-12-6-7)10(14)8-2-3-9(11)15-8;/h2-3,7,12H,4-6H2,1H3;1H. The molecule has 1 saturated heterocycles. The first-order chi connectivity index (χ1) is 7.18. The molecule has 90 valence electrons. The maximum atomic E-state index is 11.9. The Labute approximate surface area is 109 Å². The fourth-order valence-electron chi connectivity index (χ4n) is 1.74. The molecule has 1 unspecified atom stereocenters. The highest BCUT2D eigenvalue weighted by atomic mass is 79.9. The highest BCUT2D eigenvalue weighted by Crippen LogP contribution is 2.17. The summed E-state index contributed by atoms with van der Waals surface area (Å²) >= 11 is 3.18. The number of hydrogen-bond donors (Lipinski definition) is 1. The van der Waals surface area contributed by atoms with Gasteiger partial charge in [-0.2, -0.15) is 0 Å². The fraction of sp³-hybridized carbons (Fsp3) is 0.500. The van der Waals surface area contributed by atoms with Crippen LogP contribution >= 0.6 is 28.3 Å². The zero-order valence-corrected chi connectivity index (χ0v) is 11.3. The summed E-state index contributed by atoms with van der Waals surface area (Å²) < 4.78 is 5.82. The Balaban J connectivity index is 0.00000128. The minimum absolute atomic E-state index is 0. The van der Waals surface area contributed by atoms with Gasteiger partial charge in [-0.3, -0.25) is 4.79 Å². The summed E-state index contributed by atoms with van der Waals surface area (Å²) in [6, 6.07) is 3.69. The summed E-state index contributed by atoms with van der Waals surface area (Å²) in [6.45, 7) is 1.84. The van der Waals surface area contributed by atoms with Crippen molar-refractivity contribution in [3.8, 4) is 0 Å². The average Bonchev–Trinajstić information content (AvgIpc) is 2.85. The number of furan rings is 1. The topological polar surface area (TPSA) is 45.5 Å². The van der Waals surface area contributed by atoms with Gasteiger partial charge in [0, 0.05) is 19.6 Å². The molecule has 1 aliphatic rings. The molecule has 1 fully saturated rings. The van der Waals surface area contributed by atoms with Crippen LogP contribution in [-0.4, -0.2) is 37.0 Å². The minimum Gasteiger partial charge on any atom is -0.444 e. The summed E-state index contributed by atoms with van der Waals surface area (Å²) in [7, 11) is 1.82. The molecule has 4 nitrogen and oxygen atoms in total. The molecule has 2 heterocycles. The molecule has 1 aromatic heterocycles. The molecule has 0 spiro atoms. The van der Waals surface area contributed by atoms with Crippen LogP contribution in [0.4, 0.5) is 0 Å². The molecule has 0 saturated carbocycles. The minimum atomic E-state index is -0.0607. The quantitative estimate of drug-likeness (QED) is 0.907. The molecule has 16 heavy (non-hydrogen) atoms. The number of hydrogen-bond acceptors (Lipinski definition) is 3. The van der Waals surface area contributed by atoms with Crippen LogP contribution in [0.5, 0.6) is 0 Å². The second-order valence-electron chi connectivity index (χ2n) is 3.67. The van der Waals surface area contributed by atoms with E-state index in [1.807, 2.05) is 7.05 Å². The summed E-state index contributed by atoms with van der Waals surface area (Å²) in [4.78, 5) is 13.7. The van der Waals surface area contributed by atoms with Crippen LogP contribution in [0.2, 0.25) is 0 Å². The van der Waals surface area contributed by atoms with E-state index in [0.29, 0.717) is 10.4 Å². The molecule has 0 radical (unpaired) electrons. The number of halogens is 2. The van der Waals surface area contributed by atoms with Gasteiger partial charge in [0.1, 0.15) is 0 Å². The summed E-state index contributed by atoms with van der Waals surface area (Å²) in [5, 5.41) is 3.23. The van der Waals surface area contributed by atoms with E-state index in [4.69, 9.17) is 4.42 Å². The Hall–Kier alpha value is -0.520. The van der Waals surface area contributed by atoms with Crippen molar-refractivity contribution in [2.24, 2.45) is 0 Å². The lowest BCUT2D eigenvalue weighted by atomic mass is 10.2. The van der Waals surface area contributed by atoms with Gasteiger partial charge >= 0.3 is 0 Å². The molecule has 0 aliphatic carbocycles. The maximum absolute atomic E-state index is 11.9. The molecule has 0 bridgehead atoms. The van der Waals surface area contributed by atoms with Crippen molar-refractivity contribution in [2.75, 3.05) is 20.1 Å². The van der Waals surface area contributed by atoms with Crippen LogP contribution in [0.25, 0.3) is 0 Å². The van der Waals surface area contributed by atoms with Crippen LogP contribution in [-0.2, 0) is 0 Å². The molecule has 6 heteroatoms. The third kappa shape index (κ3) is 2.78. The second kappa shape index (κ2) is 5.70. The summed E-state index contributed by atoms with van der Waals surface area (Å²) in [5.74, 6) is 0.325. The smallest absolute Gasteiger partial charge is 0.289 e. The van der Waals surface area contributed by atoms with E-state index >= 15 is 0 Å². The number of carbonyl (C=O) groups is 1. The molecule has 2 rings (SSSR count). The van der Waals surface area contributed by atoms with Gasteiger partial charge in [0.15, 0.2) is 10.4 Å². The number of amides is 1. The molecule has 1 aromatic rings. The molecule has 0 aromatic carbocycles. The highest BCUT2D eigenvalue weighted by molar-refractivity contribution is 9.10. The van der Waals surface area contributed by atoms with Crippen LogP contribution in [0, 0.1) is 0 Å². The molecule has 1 atom stereocenters. The monoisotopic (exact) mass is 308 g/mol. The number of carbonyl (C=O) groups excluding carboxylic acids is 1. The fourth-order valence-corrected chi connectivity index (χ4v) is 2.05. The third-order valence-electron chi connectivity index (χ3n) is 2.69. The first-order valence-corrected chi connectivity index (χ1v) is 5.71. The maximum Gasteiger partial charge on any atom is 0.289 e. The van der Waals surface area contributed by atoms with Crippen molar-refractivity contribution >= 4 is 34.2 Å². The number of nitrogens with one attached hydrogen (secondary N) is 1. The van der Waals surface area contributed by atoms with Crippen molar-refractivity contribution in [3.05, 3.63) is 22.6 Å². The van der Waals surface area contributed by atoms with Crippen molar-refractivity contribution < 1.29 is 9.21 Å². The average molecular weight is 310 g/mol. The van der Waals surface area contributed by atoms with Crippen LogP contribution < -0.4 is 5.32 Å². The van der Waals surface area contributed by atoms with E-state index in [2.05, 4.69) is 21.2 Å². The lowest BCUT2D eigenvalue weighted by Gasteiger charge is -2.22. The number of rotatable bonds is 2. The van der Waals surface area contributed by atoms with Gasteiger partial charge in [0.05, 0.1) is 0 Å². The van der Waals surface area contributed by atoms with Crippen LogP contribution in [0.15, 0.2) is 21.2 Å². The SMILES string of the molecule is CN(C(=O)c1ccc(Br)o1)C1CCNC1.Cl. The predicted molar refractivity (Wildman–Crippen MR) is 67.0 cm³/mol. The Kier molecular flexibility index (Phi) is 4.83. The van der Waals surface area contributed by atoms with E-state index in [9.17, 15) is 4.79 Å². The predicted octanol–water partition coefficient (Wildman–Crippen LogP) is 1.90. The lowest BCUT2D eigenvalue weighted by molar-refractivity contribution is 0.0710. The number of likely N-dealkylation sites (N-methyl/N-ethyl adjacent to an activating group) is 1. The van der Waals surface area contributed by atoms with Crippen LogP contribution in [0.3, 0.4) is 0 Å². The van der Waals surface area contributed by atoms with Gasteiger partial charge in [0.2, 0.25) is 0 Å². The van der Waals surface area contributed by atoms with Crippen molar-refractivity contribution in [2.45, 2.75) is 12.5 Å². The molecular weight excluding hydrogens is 295 g/mol. The normalized spacial score (nSPS) is 19.2. The van der Waals surface area contributed by atoms with E-state index in [0.717, 1.165) is 19.5 Å². The zero-order chi connectivity index (χ0) is 10.8. The summed E-state index contributed by atoms with van der Waals surface area (Å²) in [6.07, 6.45) is 1.00. The lowest BCUT2D eigenvalue weighted by Crippen LogP contribution is -2.38. The van der Waals surface area contributed by atoms with Crippen molar-refractivity contribution in [1.29, 1.82) is 0 Å². The van der Waals surface area contributed by atoms with Gasteiger partial charge in [0.25, 0.3) is 5.91 Å². The molecule has 1 aliphatic heterocycles. The largest absolute Gasteiger partial charge is 0.444 e. The van der Waals surface area contributed by atoms with E-state index in [1.54, 1.807) is 17.0 Å². The first kappa shape index (κ1) is 13.5. The van der Waals surface area contributed by atoms with Gasteiger partial charge in [-0.1, -0.05) is 0 Å². The molecular formula is C10H14BrClN2O2. The molecule has 1 amide bonds. The van der Waals surface area contributed by atoms with Gasteiger partial charge < -0.3 is 14.6 Å². The van der Waals surface area contributed by atoms with Gasteiger partial charge in [-0.05, 0) is 41.0 Å². The van der Waals surface area contributed by atoms with Gasteiger partial charge in [-0.25, -0.2) is 0 Å². The Bertz CT molecular complexity index is 363. The third-order valence-corrected chi connectivity index (χ3v) is 3.11. The Morgan fingerprint density at radius 2 is 2.38 bits per heavy atom. The Morgan fingerprint density at radius 3 is 2.88 bits per heavy atom.